The zero-order chi connectivity index (χ0) is 20.1. The number of carbonyl (C=O) groups is 1. The lowest BCUT2D eigenvalue weighted by molar-refractivity contribution is -0.135. The van der Waals surface area contributed by atoms with Gasteiger partial charge in [-0.1, -0.05) is 70.1 Å². The van der Waals surface area contributed by atoms with Gasteiger partial charge in [-0.25, -0.2) is 4.18 Å². The highest BCUT2D eigenvalue weighted by atomic mass is 32.3. The van der Waals surface area contributed by atoms with Gasteiger partial charge in [-0.2, -0.15) is 8.42 Å². The summed E-state index contributed by atoms with van der Waals surface area (Å²) in [5, 5.41) is 0. The van der Waals surface area contributed by atoms with Crippen LogP contribution in [-0.4, -0.2) is 25.0 Å². The summed E-state index contributed by atoms with van der Waals surface area (Å²) in [6, 6.07) is 7.35. The van der Waals surface area contributed by atoms with E-state index in [0.29, 0.717) is 5.75 Å². The van der Waals surface area contributed by atoms with Gasteiger partial charge in [-0.05, 0) is 31.4 Å². The van der Waals surface area contributed by atoms with Gasteiger partial charge in [0.2, 0.25) is 0 Å². The monoisotopic (exact) mass is 400 g/mol. The Morgan fingerprint density at radius 1 is 1.04 bits per heavy atom. The number of ether oxygens (including phenoxy) is 1. The van der Waals surface area contributed by atoms with Gasteiger partial charge < -0.3 is 4.74 Å². The smallest absolute Gasteiger partial charge is 0.397 e. The van der Waals surface area contributed by atoms with Crippen LogP contribution in [0.4, 0.5) is 0 Å². The molecule has 1 aromatic rings. The molecule has 1 aromatic carbocycles. The second-order valence-corrected chi connectivity index (χ2v) is 7.89. The number of benzene rings is 1. The van der Waals surface area contributed by atoms with Gasteiger partial charge in [0.05, 0.1) is 12.5 Å². The van der Waals surface area contributed by atoms with Crippen molar-refractivity contribution in [2.24, 2.45) is 0 Å². The third-order valence-corrected chi connectivity index (χ3v) is 4.81. The number of hydrogen-bond acceptors (Lipinski definition) is 5. The molecule has 154 valence electrons. The van der Waals surface area contributed by atoms with Gasteiger partial charge in [0, 0.05) is 0 Å². The van der Waals surface area contributed by atoms with Crippen molar-refractivity contribution in [1.82, 2.24) is 0 Å². The maximum Gasteiger partial charge on any atom is 0.397 e. The van der Waals surface area contributed by atoms with Crippen molar-refractivity contribution in [3.8, 4) is 5.75 Å². The molecule has 0 aliphatic rings. The van der Waals surface area contributed by atoms with Gasteiger partial charge in [0.1, 0.15) is 5.75 Å². The number of unbranched alkanes of at least 4 members (excludes halogenated alkanes) is 7. The molecule has 0 amide bonds. The molecule has 27 heavy (non-hydrogen) atoms. The molecule has 0 aromatic heterocycles. The van der Waals surface area contributed by atoms with Crippen molar-refractivity contribution < 1.29 is 26.7 Å². The molecule has 0 heterocycles. The van der Waals surface area contributed by atoms with Gasteiger partial charge in [-0.15, -0.1) is 0 Å². The van der Waals surface area contributed by atoms with Crippen LogP contribution in [0.1, 0.15) is 77.2 Å². The maximum atomic E-state index is 12.0. The summed E-state index contributed by atoms with van der Waals surface area (Å²) in [6.45, 7) is 3.59. The number of para-hydroxylation sites is 1. The van der Waals surface area contributed by atoms with E-state index in [1.54, 1.807) is 12.1 Å². The van der Waals surface area contributed by atoms with E-state index in [0.717, 1.165) is 24.8 Å². The van der Waals surface area contributed by atoms with Crippen LogP contribution in [0.2, 0.25) is 0 Å². The summed E-state index contributed by atoms with van der Waals surface area (Å²) in [6.07, 6.45) is 9.41. The molecule has 0 fully saturated rings. The fourth-order valence-corrected chi connectivity index (χ4v) is 3.38. The van der Waals surface area contributed by atoms with E-state index < -0.39 is 22.5 Å². The van der Waals surface area contributed by atoms with Crippen LogP contribution >= 0.6 is 0 Å². The first-order valence-corrected chi connectivity index (χ1v) is 11.1. The molecular weight excluding hydrogens is 368 g/mol. The first-order chi connectivity index (χ1) is 12.8. The van der Waals surface area contributed by atoms with Crippen molar-refractivity contribution in [3.63, 3.8) is 0 Å². The van der Waals surface area contributed by atoms with Gasteiger partial charge in [0.25, 0.3) is 0 Å². The summed E-state index contributed by atoms with van der Waals surface area (Å²) in [5.74, 6) is -0.112. The molecule has 6 nitrogen and oxygen atoms in total. The Morgan fingerprint density at radius 2 is 1.63 bits per heavy atom. The van der Waals surface area contributed by atoms with Crippen LogP contribution < -0.4 is 4.74 Å². The minimum Gasteiger partial charge on any atom is -0.426 e. The third-order valence-electron chi connectivity index (χ3n) is 4.24. The summed E-state index contributed by atoms with van der Waals surface area (Å²) in [7, 11) is -4.58. The first-order valence-electron chi connectivity index (χ1n) is 9.76. The molecule has 7 heteroatoms. The van der Waals surface area contributed by atoms with Crippen LogP contribution in [0.25, 0.3) is 0 Å². The van der Waals surface area contributed by atoms with Gasteiger partial charge in [0.15, 0.2) is 0 Å². The molecule has 0 bridgehead atoms. The van der Waals surface area contributed by atoms with Crippen molar-refractivity contribution >= 4 is 16.4 Å². The third kappa shape index (κ3) is 11.8. The number of hydrogen-bond donors (Lipinski definition) is 1. The lowest BCUT2D eigenvalue weighted by Gasteiger charge is -2.12. The van der Waals surface area contributed by atoms with Gasteiger partial charge in [-0.3, -0.25) is 9.35 Å². The zero-order valence-corrected chi connectivity index (χ0v) is 17.2. The van der Waals surface area contributed by atoms with E-state index in [2.05, 4.69) is 11.1 Å². The molecule has 1 N–H and O–H groups in total. The Hall–Kier alpha value is -1.44. The molecule has 0 saturated carbocycles. The number of aryl methyl sites for hydroxylation is 1. The Morgan fingerprint density at radius 3 is 2.26 bits per heavy atom. The van der Waals surface area contributed by atoms with Gasteiger partial charge >= 0.3 is 16.4 Å². The van der Waals surface area contributed by atoms with E-state index in [1.165, 1.54) is 45.4 Å². The fraction of sp³-hybridized carbons (Fsp3) is 0.650. The Labute approximate surface area is 163 Å². The predicted molar refractivity (Wildman–Crippen MR) is 105 cm³/mol. The van der Waals surface area contributed by atoms with Crippen molar-refractivity contribution in [2.45, 2.75) is 84.2 Å². The van der Waals surface area contributed by atoms with Crippen molar-refractivity contribution in [1.29, 1.82) is 0 Å². The minimum atomic E-state index is -4.58. The lowest BCUT2D eigenvalue weighted by atomic mass is 10.0. The standard InChI is InChI=1S/C20H32O6S/c1-3-4-5-6-7-8-9-10-13-18-14-11-12-15-19(18)25-20(21)16-17(2)26-27(22,23)24/h11-12,14-15,17H,3-10,13,16H2,1-2H3,(H,22,23,24). The molecule has 1 atom stereocenters. The van der Waals surface area contributed by atoms with E-state index in [-0.39, 0.29) is 6.42 Å². The second kappa shape index (κ2) is 12.9. The highest BCUT2D eigenvalue weighted by Gasteiger charge is 2.18. The van der Waals surface area contributed by atoms with Crippen LogP contribution in [0.5, 0.6) is 5.75 Å². The Balaban J connectivity index is 2.39. The summed E-state index contributed by atoms with van der Waals surface area (Å²) < 4.78 is 39.6. The average Bonchev–Trinajstić information content (AvgIpc) is 2.56. The largest absolute Gasteiger partial charge is 0.426 e. The van der Waals surface area contributed by atoms with E-state index >= 15 is 0 Å². The van der Waals surface area contributed by atoms with E-state index in [9.17, 15) is 13.2 Å². The topological polar surface area (TPSA) is 89.9 Å². The summed E-state index contributed by atoms with van der Waals surface area (Å²) >= 11 is 0. The molecule has 0 radical (unpaired) electrons. The quantitative estimate of drug-likeness (QED) is 0.207. The maximum absolute atomic E-state index is 12.0. The van der Waals surface area contributed by atoms with E-state index in [4.69, 9.17) is 9.29 Å². The number of esters is 1. The molecule has 0 saturated heterocycles. The van der Waals surface area contributed by atoms with Crippen LogP contribution in [0.15, 0.2) is 24.3 Å². The lowest BCUT2D eigenvalue weighted by Crippen LogP contribution is -2.21. The van der Waals surface area contributed by atoms with Crippen LogP contribution in [0, 0.1) is 0 Å². The molecule has 0 spiro atoms. The van der Waals surface area contributed by atoms with Crippen molar-refractivity contribution in [2.75, 3.05) is 0 Å². The first kappa shape index (κ1) is 23.6. The number of carbonyl (C=O) groups excluding carboxylic acids is 1. The molecule has 1 unspecified atom stereocenters. The molecule has 0 aliphatic heterocycles. The Kier molecular flexibility index (Phi) is 11.2. The Bertz CT molecular complexity index is 656. The molecule has 1 rings (SSSR count). The average molecular weight is 401 g/mol. The van der Waals surface area contributed by atoms with Crippen LogP contribution in [-0.2, 0) is 25.8 Å². The van der Waals surface area contributed by atoms with Crippen molar-refractivity contribution in [3.05, 3.63) is 29.8 Å². The highest BCUT2D eigenvalue weighted by molar-refractivity contribution is 7.80. The summed E-state index contributed by atoms with van der Waals surface area (Å²) in [5.41, 5.74) is 0.959. The number of rotatable bonds is 14. The minimum absolute atomic E-state index is 0.272. The normalized spacial score (nSPS) is 12.7. The fourth-order valence-electron chi connectivity index (χ4n) is 2.90. The molecular formula is C20H32O6S. The summed E-state index contributed by atoms with van der Waals surface area (Å²) in [4.78, 5) is 12.0. The SMILES string of the molecule is CCCCCCCCCCc1ccccc1OC(=O)CC(C)OS(=O)(=O)O. The zero-order valence-electron chi connectivity index (χ0n) is 16.4. The predicted octanol–water partition coefficient (Wildman–Crippen LogP) is 4.87. The second-order valence-electron chi connectivity index (χ2n) is 6.85. The molecule has 0 aliphatic carbocycles. The highest BCUT2D eigenvalue weighted by Crippen LogP contribution is 2.22. The van der Waals surface area contributed by atoms with Crippen LogP contribution in [0.3, 0.4) is 0 Å². The van der Waals surface area contributed by atoms with E-state index in [1.807, 2.05) is 12.1 Å².